The van der Waals surface area contributed by atoms with E-state index < -0.39 is 0 Å². The minimum Gasteiger partial charge on any atom is -0.508 e. The predicted octanol–water partition coefficient (Wildman–Crippen LogP) is 2.89. The van der Waals surface area contributed by atoms with Crippen LogP contribution in [0.5, 0.6) is 11.5 Å². The molecule has 0 saturated heterocycles. The number of rotatable bonds is 6. The molecule has 0 amide bonds. The van der Waals surface area contributed by atoms with E-state index in [4.69, 9.17) is 4.74 Å². The van der Waals surface area contributed by atoms with Crippen LogP contribution in [0, 0.1) is 0 Å². The Labute approximate surface area is 104 Å². The van der Waals surface area contributed by atoms with Crippen LogP contribution < -0.4 is 4.74 Å². The lowest BCUT2D eigenvalue weighted by molar-refractivity contribution is 0.142. The lowest BCUT2D eigenvalue weighted by atomic mass is 10.2. The molecule has 0 atom stereocenters. The average molecular weight is 237 g/mol. The van der Waals surface area contributed by atoms with E-state index in [9.17, 15) is 5.11 Å². The summed E-state index contributed by atoms with van der Waals surface area (Å²) in [5, 5.41) is 9.31. The fourth-order valence-electron chi connectivity index (χ4n) is 1.95. The van der Waals surface area contributed by atoms with Gasteiger partial charge in [-0.05, 0) is 39.8 Å². The van der Waals surface area contributed by atoms with Gasteiger partial charge in [0.25, 0.3) is 0 Å². The van der Waals surface area contributed by atoms with Crippen LogP contribution in [0.15, 0.2) is 24.3 Å². The first-order chi connectivity index (χ1) is 8.00. The summed E-state index contributed by atoms with van der Waals surface area (Å²) in [7, 11) is 0. The van der Waals surface area contributed by atoms with Crippen LogP contribution in [-0.4, -0.2) is 35.2 Å². The molecule has 3 nitrogen and oxygen atoms in total. The fourth-order valence-corrected chi connectivity index (χ4v) is 1.95. The highest BCUT2D eigenvalue weighted by atomic mass is 16.5. The smallest absolute Gasteiger partial charge is 0.123 e. The monoisotopic (exact) mass is 237 g/mol. The molecular weight excluding hydrogens is 214 g/mol. The van der Waals surface area contributed by atoms with Gasteiger partial charge in [-0.25, -0.2) is 0 Å². The van der Waals surface area contributed by atoms with E-state index in [1.807, 2.05) is 6.07 Å². The minimum atomic E-state index is 0.243. The second-order valence-electron chi connectivity index (χ2n) is 4.77. The number of nitrogens with zero attached hydrogens (tertiary/aromatic N) is 1. The van der Waals surface area contributed by atoms with Crippen molar-refractivity contribution in [2.24, 2.45) is 0 Å². The zero-order chi connectivity index (χ0) is 12.8. The molecule has 0 bridgehead atoms. The third kappa shape index (κ3) is 4.65. The van der Waals surface area contributed by atoms with Crippen LogP contribution in [0.25, 0.3) is 0 Å². The maximum Gasteiger partial charge on any atom is 0.123 e. The van der Waals surface area contributed by atoms with Gasteiger partial charge in [-0.2, -0.15) is 0 Å². The largest absolute Gasteiger partial charge is 0.508 e. The van der Waals surface area contributed by atoms with Crippen LogP contribution in [-0.2, 0) is 0 Å². The Bertz CT molecular complexity index is 329. The molecule has 0 heterocycles. The molecule has 1 N–H and O–H groups in total. The summed E-state index contributed by atoms with van der Waals surface area (Å²) >= 11 is 0. The van der Waals surface area contributed by atoms with Gasteiger partial charge in [0.2, 0.25) is 0 Å². The van der Waals surface area contributed by atoms with Gasteiger partial charge in [-0.3, -0.25) is 4.90 Å². The first-order valence-electron chi connectivity index (χ1n) is 6.18. The summed E-state index contributed by atoms with van der Waals surface area (Å²) in [4.78, 5) is 2.38. The van der Waals surface area contributed by atoms with Gasteiger partial charge >= 0.3 is 0 Å². The molecular formula is C14H23NO2. The highest BCUT2D eigenvalue weighted by molar-refractivity contribution is 5.31. The predicted molar refractivity (Wildman–Crippen MR) is 70.6 cm³/mol. The molecule has 0 fully saturated rings. The molecule has 1 aromatic rings. The maximum atomic E-state index is 9.31. The molecule has 17 heavy (non-hydrogen) atoms. The number of phenols is 1. The zero-order valence-electron chi connectivity index (χ0n) is 11.2. The minimum absolute atomic E-state index is 0.243. The Morgan fingerprint density at radius 2 is 1.82 bits per heavy atom. The summed E-state index contributed by atoms with van der Waals surface area (Å²) in [5.74, 6) is 0.963. The molecule has 3 heteroatoms. The maximum absolute atomic E-state index is 9.31. The Hall–Kier alpha value is -1.22. The number of ether oxygens (including phenoxy) is 1. The highest BCUT2D eigenvalue weighted by Gasteiger charge is 2.12. The number of aromatic hydroxyl groups is 1. The Morgan fingerprint density at radius 1 is 1.18 bits per heavy atom. The van der Waals surface area contributed by atoms with E-state index in [1.165, 1.54) is 0 Å². The van der Waals surface area contributed by atoms with Crippen molar-refractivity contribution in [2.45, 2.75) is 39.8 Å². The lowest BCUT2D eigenvalue weighted by Crippen LogP contribution is -2.39. The number of benzene rings is 1. The Morgan fingerprint density at radius 3 is 2.35 bits per heavy atom. The SMILES string of the molecule is CC(C)N(CCOc1cccc(O)c1)C(C)C. The van der Waals surface area contributed by atoms with Crippen LogP contribution in [0.3, 0.4) is 0 Å². The van der Waals surface area contributed by atoms with Gasteiger partial charge in [-0.15, -0.1) is 0 Å². The summed E-state index contributed by atoms with van der Waals surface area (Å²) in [6, 6.07) is 7.95. The third-order valence-corrected chi connectivity index (χ3v) is 2.76. The van der Waals surface area contributed by atoms with Gasteiger partial charge in [0.15, 0.2) is 0 Å². The van der Waals surface area contributed by atoms with Gasteiger partial charge in [0.1, 0.15) is 18.1 Å². The van der Waals surface area contributed by atoms with Crippen molar-refractivity contribution in [3.63, 3.8) is 0 Å². The van der Waals surface area contributed by atoms with Crippen molar-refractivity contribution in [3.05, 3.63) is 24.3 Å². The molecule has 1 rings (SSSR count). The zero-order valence-corrected chi connectivity index (χ0v) is 11.2. The van der Waals surface area contributed by atoms with Crippen LogP contribution in [0.2, 0.25) is 0 Å². The van der Waals surface area contributed by atoms with Gasteiger partial charge in [0.05, 0.1) is 0 Å². The highest BCUT2D eigenvalue weighted by Crippen LogP contribution is 2.17. The summed E-state index contributed by atoms with van der Waals surface area (Å²) < 4.78 is 5.62. The van der Waals surface area contributed by atoms with Crippen molar-refractivity contribution in [1.29, 1.82) is 0 Å². The van der Waals surface area contributed by atoms with Crippen molar-refractivity contribution < 1.29 is 9.84 Å². The number of hydrogen-bond donors (Lipinski definition) is 1. The number of phenolic OH excluding ortho intramolecular Hbond substituents is 1. The van der Waals surface area contributed by atoms with Crippen LogP contribution in [0.1, 0.15) is 27.7 Å². The first kappa shape index (κ1) is 13.8. The van der Waals surface area contributed by atoms with Crippen LogP contribution >= 0.6 is 0 Å². The summed E-state index contributed by atoms with van der Waals surface area (Å²) in [5.41, 5.74) is 0. The molecule has 0 radical (unpaired) electrons. The van der Waals surface area contributed by atoms with Crippen molar-refractivity contribution >= 4 is 0 Å². The van der Waals surface area contributed by atoms with Crippen molar-refractivity contribution in [2.75, 3.05) is 13.2 Å². The topological polar surface area (TPSA) is 32.7 Å². The first-order valence-corrected chi connectivity index (χ1v) is 6.18. The second-order valence-corrected chi connectivity index (χ2v) is 4.77. The number of hydrogen-bond acceptors (Lipinski definition) is 3. The molecule has 1 aromatic carbocycles. The standard InChI is InChI=1S/C14H23NO2/c1-11(2)15(12(3)4)8-9-17-14-7-5-6-13(16)10-14/h5-7,10-12,16H,8-9H2,1-4H3. The van der Waals surface area contributed by atoms with E-state index in [2.05, 4.69) is 32.6 Å². The van der Waals surface area contributed by atoms with Crippen molar-refractivity contribution in [3.8, 4) is 11.5 Å². The van der Waals surface area contributed by atoms with Gasteiger partial charge in [-0.1, -0.05) is 6.07 Å². The molecule has 0 aliphatic carbocycles. The molecule has 0 aromatic heterocycles. The lowest BCUT2D eigenvalue weighted by Gasteiger charge is -2.30. The van der Waals surface area contributed by atoms with Crippen molar-refractivity contribution in [1.82, 2.24) is 4.90 Å². The van der Waals surface area contributed by atoms with Crippen LogP contribution in [0.4, 0.5) is 0 Å². The van der Waals surface area contributed by atoms with E-state index in [-0.39, 0.29) is 5.75 Å². The van der Waals surface area contributed by atoms with E-state index in [1.54, 1.807) is 18.2 Å². The van der Waals surface area contributed by atoms with E-state index in [0.717, 1.165) is 12.3 Å². The molecule has 0 unspecified atom stereocenters. The fraction of sp³-hybridized carbons (Fsp3) is 0.571. The van der Waals surface area contributed by atoms with Gasteiger partial charge in [0, 0.05) is 24.7 Å². The van der Waals surface area contributed by atoms with E-state index >= 15 is 0 Å². The second kappa shape index (κ2) is 6.50. The average Bonchev–Trinajstić information content (AvgIpc) is 2.23. The molecule has 0 saturated carbocycles. The normalized spacial score (nSPS) is 11.5. The van der Waals surface area contributed by atoms with Gasteiger partial charge < -0.3 is 9.84 Å². The summed E-state index contributed by atoms with van der Waals surface area (Å²) in [6.45, 7) is 10.3. The molecule has 0 aliphatic heterocycles. The third-order valence-electron chi connectivity index (χ3n) is 2.76. The Kier molecular flexibility index (Phi) is 5.29. The van der Waals surface area contributed by atoms with E-state index in [0.29, 0.717) is 18.7 Å². The molecule has 0 spiro atoms. The quantitative estimate of drug-likeness (QED) is 0.825. The molecule has 96 valence electrons. The molecule has 0 aliphatic rings. The summed E-state index contributed by atoms with van der Waals surface area (Å²) in [6.07, 6.45) is 0. The Balaban J connectivity index is 2.41.